The predicted octanol–water partition coefficient (Wildman–Crippen LogP) is 1.58. The molecule has 4 rings (SSSR count). The van der Waals surface area contributed by atoms with Crippen LogP contribution in [0, 0.1) is 0 Å². The average molecular weight is 338 g/mol. The molecule has 1 fully saturated rings. The van der Waals surface area contributed by atoms with E-state index < -0.39 is 11.9 Å². The van der Waals surface area contributed by atoms with Crippen molar-refractivity contribution in [1.82, 2.24) is 34.3 Å². The number of nitrogens with zero attached hydrogens (tertiary/aromatic N) is 8. The van der Waals surface area contributed by atoms with E-state index in [0.29, 0.717) is 18.9 Å². The Kier molecular flexibility index (Phi) is 3.36. The van der Waals surface area contributed by atoms with E-state index in [0.717, 1.165) is 18.9 Å². The maximum atomic E-state index is 13.1. The van der Waals surface area contributed by atoms with Crippen LogP contribution >= 0.6 is 0 Å². The first kappa shape index (κ1) is 14.8. The molecule has 0 aromatic carbocycles. The zero-order valence-corrected chi connectivity index (χ0v) is 12.4. The Bertz CT molecular complexity index is 833. The van der Waals surface area contributed by atoms with Gasteiger partial charge in [0.1, 0.15) is 24.8 Å². The molecule has 1 aliphatic heterocycles. The van der Waals surface area contributed by atoms with Gasteiger partial charge in [0.25, 0.3) is 5.78 Å². The molecule has 0 radical (unpaired) electrons. The molecule has 24 heavy (non-hydrogen) atoms. The van der Waals surface area contributed by atoms with E-state index in [-0.39, 0.29) is 11.8 Å². The van der Waals surface area contributed by atoms with Crippen molar-refractivity contribution in [3.05, 3.63) is 30.7 Å². The molecule has 3 aromatic heterocycles. The monoisotopic (exact) mass is 338 g/mol. The van der Waals surface area contributed by atoms with Gasteiger partial charge in [-0.1, -0.05) is 0 Å². The third kappa shape index (κ3) is 2.55. The van der Waals surface area contributed by atoms with Crippen LogP contribution in [0.4, 0.5) is 19.0 Å². The maximum absolute atomic E-state index is 13.1. The van der Waals surface area contributed by atoms with E-state index in [2.05, 4.69) is 25.1 Å². The summed E-state index contributed by atoms with van der Waals surface area (Å²) in [5.41, 5.74) is -0.962. The summed E-state index contributed by atoms with van der Waals surface area (Å²) in [6, 6.07) is 1.22. The van der Waals surface area contributed by atoms with E-state index in [1.54, 1.807) is 11.0 Å². The molecule has 11 heteroatoms. The highest BCUT2D eigenvalue weighted by Crippen LogP contribution is 2.32. The molecular formula is C13H13F3N8. The first-order valence-corrected chi connectivity index (χ1v) is 7.39. The van der Waals surface area contributed by atoms with Gasteiger partial charge in [0.15, 0.2) is 5.69 Å². The molecule has 0 atom stereocenters. The van der Waals surface area contributed by atoms with Crippen LogP contribution in [0.25, 0.3) is 5.78 Å². The third-order valence-electron chi connectivity index (χ3n) is 4.12. The van der Waals surface area contributed by atoms with Crippen molar-refractivity contribution >= 4 is 11.6 Å². The molecule has 0 bridgehead atoms. The number of anilines is 1. The van der Waals surface area contributed by atoms with Crippen molar-refractivity contribution in [3.63, 3.8) is 0 Å². The number of piperidine rings is 1. The maximum Gasteiger partial charge on any atom is 0.433 e. The van der Waals surface area contributed by atoms with Crippen molar-refractivity contribution < 1.29 is 13.2 Å². The molecule has 0 saturated carbocycles. The molecule has 0 amide bonds. The van der Waals surface area contributed by atoms with Crippen molar-refractivity contribution in [2.45, 2.75) is 25.1 Å². The van der Waals surface area contributed by atoms with Gasteiger partial charge in [-0.2, -0.15) is 32.9 Å². The molecule has 0 unspecified atom stereocenters. The van der Waals surface area contributed by atoms with Crippen LogP contribution in [0.5, 0.6) is 0 Å². The Labute approximate surface area is 134 Å². The van der Waals surface area contributed by atoms with Gasteiger partial charge in [0.2, 0.25) is 0 Å². The summed E-state index contributed by atoms with van der Waals surface area (Å²) >= 11 is 0. The van der Waals surface area contributed by atoms with Crippen LogP contribution in [-0.4, -0.2) is 47.4 Å². The van der Waals surface area contributed by atoms with E-state index in [1.807, 2.05) is 4.90 Å². The second-order valence-corrected chi connectivity index (χ2v) is 5.56. The van der Waals surface area contributed by atoms with E-state index >= 15 is 0 Å². The van der Waals surface area contributed by atoms with Crippen molar-refractivity contribution in [3.8, 4) is 0 Å². The average Bonchev–Trinajstić information content (AvgIpc) is 3.24. The number of rotatable bonds is 2. The number of hydrogen-bond acceptors (Lipinski definition) is 6. The summed E-state index contributed by atoms with van der Waals surface area (Å²) in [5, 5.41) is 8.12. The van der Waals surface area contributed by atoms with Crippen LogP contribution in [-0.2, 0) is 6.18 Å². The molecule has 4 heterocycles. The van der Waals surface area contributed by atoms with Crippen LogP contribution < -0.4 is 4.90 Å². The van der Waals surface area contributed by atoms with Crippen molar-refractivity contribution in [1.29, 1.82) is 0 Å². The standard InChI is InChI=1S/C13H13F3N8/c14-13(15,16)10-5-11(24-12(21-10)18-7-20-24)22-3-1-9(2-4-22)23-8-17-6-19-23/h5-9H,1-4H2. The molecule has 0 aliphatic carbocycles. The highest BCUT2D eigenvalue weighted by Gasteiger charge is 2.35. The highest BCUT2D eigenvalue weighted by molar-refractivity contribution is 5.48. The minimum absolute atomic E-state index is 0.0572. The van der Waals surface area contributed by atoms with Crippen molar-refractivity contribution in [2.24, 2.45) is 0 Å². The Hall–Kier alpha value is -2.72. The largest absolute Gasteiger partial charge is 0.433 e. The predicted molar refractivity (Wildman–Crippen MR) is 76.3 cm³/mol. The first-order valence-electron chi connectivity index (χ1n) is 7.39. The van der Waals surface area contributed by atoms with E-state index in [4.69, 9.17) is 0 Å². The second-order valence-electron chi connectivity index (χ2n) is 5.56. The summed E-state index contributed by atoms with van der Waals surface area (Å²) in [4.78, 5) is 13.1. The summed E-state index contributed by atoms with van der Waals surface area (Å²) in [5.74, 6) is 0.292. The lowest BCUT2D eigenvalue weighted by Crippen LogP contribution is -2.36. The quantitative estimate of drug-likeness (QED) is 0.706. The number of aromatic nitrogens is 7. The Morgan fingerprint density at radius 2 is 1.88 bits per heavy atom. The second kappa shape index (κ2) is 5.42. The van der Waals surface area contributed by atoms with Gasteiger partial charge in [-0.05, 0) is 12.8 Å². The smallest absolute Gasteiger partial charge is 0.356 e. The third-order valence-corrected chi connectivity index (χ3v) is 4.12. The van der Waals surface area contributed by atoms with E-state index in [9.17, 15) is 13.2 Å². The normalized spacial score (nSPS) is 16.9. The molecule has 1 aliphatic rings. The van der Waals surface area contributed by atoms with Crippen LogP contribution in [0.15, 0.2) is 25.0 Å². The fourth-order valence-electron chi connectivity index (χ4n) is 2.93. The Morgan fingerprint density at radius 3 is 2.54 bits per heavy atom. The molecule has 0 spiro atoms. The molecule has 1 saturated heterocycles. The number of fused-ring (bicyclic) bond motifs is 1. The lowest BCUT2D eigenvalue weighted by molar-refractivity contribution is -0.141. The molecule has 3 aromatic rings. The van der Waals surface area contributed by atoms with Gasteiger partial charge in [-0.25, -0.2) is 14.6 Å². The highest BCUT2D eigenvalue weighted by atomic mass is 19.4. The fraction of sp³-hybridized carbons (Fsp3) is 0.462. The van der Waals surface area contributed by atoms with Gasteiger partial charge >= 0.3 is 6.18 Å². The lowest BCUT2D eigenvalue weighted by atomic mass is 10.1. The number of hydrogen-bond donors (Lipinski definition) is 0. The van der Waals surface area contributed by atoms with Crippen LogP contribution in [0.1, 0.15) is 24.6 Å². The van der Waals surface area contributed by atoms with Crippen LogP contribution in [0.3, 0.4) is 0 Å². The van der Waals surface area contributed by atoms with Crippen molar-refractivity contribution in [2.75, 3.05) is 18.0 Å². The SMILES string of the molecule is FC(F)(F)c1cc(N2CCC(n3cncn3)CC2)n2ncnc2n1. The zero-order chi connectivity index (χ0) is 16.7. The number of halogens is 3. The summed E-state index contributed by atoms with van der Waals surface area (Å²) in [6.07, 6.45) is 1.32. The van der Waals surface area contributed by atoms with Gasteiger partial charge < -0.3 is 4.90 Å². The van der Waals surface area contributed by atoms with Gasteiger partial charge in [0.05, 0.1) is 6.04 Å². The minimum atomic E-state index is -4.53. The van der Waals surface area contributed by atoms with Gasteiger partial charge in [-0.3, -0.25) is 0 Å². The molecule has 126 valence electrons. The summed E-state index contributed by atoms with van der Waals surface area (Å²) < 4.78 is 42.3. The lowest BCUT2D eigenvalue weighted by Gasteiger charge is -2.33. The first-order chi connectivity index (χ1) is 11.5. The number of alkyl halides is 3. The van der Waals surface area contributed by atoms with Gasteiger partial charge in [-0.15, -0.1) is 0 Å². The van der Waals surface area contributed by atoms with E-state index in [1.165, 1.54) is 17.2 Å². The Balaban J connectivity index is 1.63. The Morgan fingerprint density at radius 1 is 1.08 bits per heavy atom. The summed E-state index contributed by atoms with van der Waals surface area (Å²) in [6.45, 7) is 1.17. The van der Waals surface area contributed by atoms with Gasteiger partial charge in [0, 0.05) is 19.2 Å². The molecular weight excluding hydrogens is 325 g/mol. The summed E-state index contributed by atoms with van der Waals surface area (Å²) in [7, 11) is 0. The topological polar surface area (TPSA) is 77.0 Å². The molecule has 8 nitrogen and oxygen atoms in total. The van der Waals surface area contributed by atoms with Crippen LogP contribution in [0.2, 0.25) is 0 Å². The minimum Gasteiger partial charge on any atom is -0.356 e. The molecule has 0 N–H and O–H groups in total. The fourth-order valence-corrected chi connectivity index (χ4v) is 2.93. The zero-order valence-electron chi connectivity index (χ0n) is 12.4.